The van der Waals surface area contributed by atoms with Crippen LogP contribution in [0, 0.1) is 11.8 Å². The Balaban J connectivity index is 1.70. The first-order chi connectivity index (χ1) is 13.6. The molecule has 1 N–H and O–H groups in total. The van der Waals surface area contributed by atoms with E-state index in [-0.39, 0.29) is 11.9 Å². The zero-order chi connectivity index (χ0) is 19.9. The number of methoxy groups -OCH3 is 2. The van der Waals surface area contributed by atoms with Crippen molar-refractivity contribution in [1.29, 1.82) is 0 Å². The van der Waals surface area contributed by atoms with Gasteiger partial charge in [0.25, 0.3) is 0 Å². The van der Waals surface area contributed by atoms with Gasteiger partial charge in [-0.25, -0.2) is 9.97 Å². The lowest BCUT2D eigenvalue weighted by atomic mass is 10.2. The van der Waals surface area contributed by atoms with Crippen LogP contribution in [0.2, 0.25) is 0 Å². The number of aromatic nitrogens is 2. The Kier molecular flexibility index (Phi) is 6.12. The quantitative estimate of drug-likeness (QED) is 0.634. The maximum Gasteiger partial charge on any atom is 0.246 e. The van der Waals surface area contributed by atoms with Crippen LogP contribution in [0.1, 0.15) is 17.7 Å². The number of benzene rings is 1. The molecule has 1 fully saturated rings. The molecule has 0 bridgehead atoms. The fourth-order valence-electron chi connectivity index (χ4n) is 2.90. The summed E-state index contributed by atoms with van der Waals surface area (Å²) < 4.78 is 10.5. The summed E-state index contributed by atoms with van der Waals surface area (Å²) >= 11 is 0. The SMILES string of the molecule is C=CC(=O)N1CCC(Nc2nccc(C#Cc3cc(OC)cc(OC)c3)n2)C1. The smallest absolute Gasteiger partial charge is 0.246 e. The molecule has 2 heterocycles. The van der Waals surface area contributed by atoms with E-state index in [9.17, 15) is 4.79 Å². The Labute approximate surface area is 164 Å². The molecule has 7 heteroatoms. The van der Waals surface area contributed by atoms with Gasteiger partial charge in [0.05, 0.1) is 14.2 Å². The summed E-state index contributed by atoms with van der Waals surface area (Å²) in [7, 11) is 3.20. The van der Waals surface area contributed by atoms with Crippen LogP contribution in [0.5, 0.6) is 11.5 Å². The minimum atomic E-state index is -0.0569. The second-order valence-electron chi connectivity index (χ2n) is 6.24. The number of amides is 1. The first-order valence-electron chi connectivity index (χ1n) is 8.87. The lowest BCUT2D eigenvalue weighted by molar-refractivity contribution is -0.125. The molecule has 0 spiro atoms. The molecule has 1 aliphatic heterocycles. The molecular formula is C21H22N4O3. The van der Waals surface area contributed by atoms with Crippen molar-refractivity contribution >= 4 is 11.9 Å². The lowest BCUT2D eigenvalue weighted by Crippen LogP contribution is -2.30. The van der Waals surface area contributed by atoms with Crippen LogP contribution in [0.25, 0.3) is 0 Å². The Bertz CT molecular complexity index is 910. The third-order valence-electron chi connectivity index (χ3n) is 4.35. The van der Waals surface area contributed by atoms with Crippen molar-refractivity contribution in [2.45, 2.75) is 12.5 Å². The maximum atomic E-state index is 11.7. The predicted octanol–water partition coefficient (Wildman–Crippen LogP) is 2.09. The molecule has 3 rings (SSSR count). The molecule has 0 aliphatic carbocycles. The third kappa shape index (κ3) is 4.80. The Morgan fingerprint density at radius 1 is 1.29 bits per heavy atom. The van der Waals surface area contributed by atoms with E-state index in [4.69, 9.17) is 9.47 Å². The molecule has 1 atom stereocenters. The average molecular weight is 378 g/mol. The normalized spacial score (nSPS) is 15.4. The summed E-state index contributed by atoms with van der Waals surface area (Å²) in [5.74, 6) is 7.89. The molecule has 0 saturated carbocycles. The van der Waals surface area contributed by atoms with Crippen molar-refractivity contribution < 1.29 is 14.3 Å². The molecule has 2 aromatic rings. The summed E-state index contributed by atoms with van der Waals surface area (Å²) in [6, 6.07) is 7.31. The number of carbonyl (C=O) groups is 1. The van der Waals surface area contributed by atoms with Crippen LogP contribution < -0.4 is 14.8 Å². The Morgan fingerprint density at radius 3 is 2.71 bits per heavy atom. The average Bonchev–Trinajstić information content (AvgIpc) is 3.20. The van der Waals surface area contributed by atoms with Gasteiger partial charge < -0.3 is 19.7 Å². The molecule has 144 valence electrons. The third-order valence-corrected chi connectivity index (χ3v) is 4.35. The largest absolute Gasteiger partial charge is 0.497 e. The Morgan fingerprint density at radius 2 is 2.04 bits per heavy atom. The minimum Gasteiger partial charge on any atom is -0.497 e. The van der Waals surface area contributed by atoms with E-state index in [1.807, 2.05) is 12.1 Å². The van der Waals surface area contributed by atoms with Crippen molar-refractivity contribution in [1.82, 2.24) is 14.9 Å². The van der Waals surface area contributed by atoms with Crippen LogP contribution in [-0.4, -0.2) is 54.1 Å². The number of nitrogens with one attached hydrogen (secondary N) is 1. The van der Waals surface area contributed by atoms with Crippen LogP contribution in [0.3, 0.4) is 0 Å². The number of rotatable bonds is 5. The highest BCUT2D eigenvalue weighted by Gasteiger charge is 2.25. The lowest BCUT2D eigenvalue weighted by Gasteiger charge is -2.15. The van der Waals surface area contributed by atoms with E-state index in [0.29, 0.717) is 36.2 Å². The van der Waals surface area contributed by atoms with Gasteiger partial charge in [-0.1, -0.05) is 12.5 Å². The number of hydrogen-bond acceptors (Lipinski definition) is 6. The van der Waals surface area contributed by atoms with Gasteiger partial charge in [0.2, 0.25) is 11.9 Å². The fourth-order valence-corrected chi connectivity index (χ4v) is 2.90. The summed E-state index contributed by atoms with van der Waals surface area (Å²) in [4.78, 5) is 22.1. The van der Waals surface area contributed by atoms with Crippen molar-refractivity contribution in [3.05, 3.63) is 54.4 Å². The first-order valence-corrected chi connectivity index (χ1v) is 8.87. The molecule has 0 radical (unpaired) electrons. The minimum absolute atomic E-state index is 0.0569. The van der Waals surface area contributed by atoms with E-state index in [0.717, 1.165) is 12.0 Å². The molecule has 1 aromatic heterocycles. The fraction of sp³-hybridized carbons (Fsp3) is 0.286. The predicted molar refractivity (Wildman–Crippen MR) is 106 cm³/mol. The van der Waals surface area contributed by atoms with Gasteiger partial charge in [0.1, 0.15) is 17.2 Å². The van der Waals surface area contributed by atoms with Crippen LogP contribution in [-0.2, 0) is 4.79 Å². The highest BCUT2D eigenvalue weighted by Crippen LogP contribution is 2.22. The molecule has 28 heavy (non-hydrogen) atoms. The van der Waals surface area contributed by atoms with Gasteiger partial charge >= 0.3 is 0 Å². The van der Waals surface area contributed by atoms with Gasteiger partial charge in [0.15, 0.2) is 0 Å². The zero-order valence-electron chi connectivity index (χ0n) is 15.9. The van der Waals surface area contributed by atoms with Crippen molar-refractivity contribution in [3.63, 3.8) is 0 Å². The second-order valence-corrected chi connectivity index (χ2v) is 6.24. The van der Waals surface area contributed by atoms with Crippen LogP contribution in [0.15, 0.2) is 43.1 Å². The van der Waals surface area contributed by atoms with E-state index < -0.39 is 0 Å². The van der Waals surface area contributed by atoms with E-state index >= 15 is 0 Å². The van der Waals surface area contributed by atoms with Gasteiger partial charge in [-0.05, 0) is 36.6 Å². The molecular weight excluding hydrogens is 356 g/mol. The number of likely N-dealkylation sites (tertiary alicyclic amines) is 1. The van der Waals surface area contributed by atoms with Crippen molar-refractivity contribution in [2.75, 3.05) is 32.6 Å². The topological polar surface area (TPSA) is 76.6 Å². The standard InChI is InChI=1S/C21H22N4O3/c1-4-20(26)25-10-8-17(14-25)24-21-22-9-7-16(23-21)6-5-15-11-18(27-2)13-19(12-15)28-3/h4,7,9,11-13,17H,1,8,10,14H2,2-3H3,(H,22,23,24). The van der Waals surface area contributed by atoms with Crippen LogP contribution in [0.4, 0.5) is 5.95 Å². The van der Waals surface area contributed by atoms with Gasteiger partial charge in [-0.15, -0.1) is 0 Å². The molecule has 1 saturated heterocycles. The Hall–Kier alpha value is -3.53. The summed E-state index contributed by atoms with van der Waals surface area (Å²) in [5, 5.41) is 3.27. The molecule has 1 aromatic carbocycles. The van der Waals surface area contributed by atoms with E-state index in [2.05, 4.69) is 33.7 Å². The summed E-state index contributed by atoms with van der Waals surface area (Å²) in [6.45, 7) is 4.82. The first kappa shape index (κ1) is 19.2. The van der Waals surface area contributed by atoms with E-state index in [1.165, 1.54) is 6.08 Å². The summed E-state index contributed by atoms with van der Waals surface area (Å²) in [6.07, 6.45) is 3.83. The monoisotopic (exact) mass is 378 g/mol. The molecule has 7 nitrogen and oxygen atoms in total. The number of carbonyl (C=O) groups excluding carboxylic acids is 1. The molecule has 1 amide bonds. The highest BCUT2D eigenvalue weighted by atomic mass is 16.5. The number of anilines is 1. The van der Waals surface area contributed by atoms with Gasteiger partial charge in [-0.3, -0.25) is 4.79 Å². The number of nitrogens with zero attached hydrogens (tertiary/aromatic N) is 3. The summed E-state index contributed by atoms with van der Waals surface area (Å²) in [5.41, 5.74) is 1.36. The van der Waals surface area contributed by atoms with Crippen molar-refractivity contribution in [3.8, 4) is 23.3 Å². The van der Waals surface area contributed by atoms with E-state index in [1.54, 1.807) is 37.4 Å². The number of hydrogen-bond donors (Lipinski definition) is 1. The zero-order valence-corrected chi connectivity index (χ0v) is 15.9. The van der Waals surface area contributed by atoms with Gasteiger partial charge in [0, 0.05) is 37.0 Å². The maximum absolute atomic E-state index is 11.7. The van der Waals surface area contributed by atoms with Crippen LogP contribution >= 0.6 is 0 Å². The highest BCUT2D eigenvalue weighted by molar-refractivity contribution is 5.87. The second kappa shape index (κ2) is 8.91. The number of ether oxygens (including phenoxy) is 2. The molecule has 1 unspecified atom stereocenters. The molecule has 1 aliphatic rings. The van der Waals surface area contributed by atoms with Gasteiger partial charge in [-0.2, -0.15) is 0 Å². The van der Waals surface area contributed by atoms with Crippen molar-refractivity contribution in [2.24, 2.45) is 0 Å².